The third kappa shape index (κ3) is 4.43. The van der Waals surface area contributed by atoms with Crippen LogP contribution in [0.4, 0.5) is 5.00 Å². The van der Waals surface area contributed by atoms with E-state index in [0.717, 1.165) is 22.6 Å². The Hall–Kier alpha value is -3.18. The number of nitrogens with zero attached hydrogens (tertiary/aromatic N) is 2. The number of carbonyl (C=O) groups is 2. The summed E-state index contributed by atoms with van der Waals surface area (Å²) < 4.78 is 5.07. The lowest BCUT2D eigenvalue weighted by molar-refractivity contribution is -0.114. The molecule has 0 aliphatic rings. The van der Waals surface area contributed by atoms with Gasteiger partial charge in [0.1, 0.15) is 21.7 Å². The van der Waals surface area contributed by atoms with Crippen molar-refractivity contribution in [3.8, 4) is 11.8 Å². The van der Waals surface area contributed by atoms with E-state index in [0.29, 0.717) is 15.4 Å². The van der Waals surface area contributed by atoms with Crippen LogP contribution < -0.4 is 15.5 Å². The van der Waals surface area contributed by atoms with Gasteiger partial charge in [-0.3, -0.25) is 9.59 Å². The molecule has 2 amide bonds. The Kier molecular flexibility index (Phi) is 5.87. The quantitative estimate of drug-likeness (QED) is 0.635. The molecule has 2 N–H and O–H groups in total. The summed E-state index contributed by atoms with van der Waals surface area (Å²) in [6.07, 6.45) is 1.50. The standard InChI is InChI=1S/C17H16N4O3S/c1-10-14(8-18)17(20-11(2)22)25-15(10)16(23)21-19-9-12-4-6-13(24-3)7-5-12/h4-7,9H,1-3H3,(H,20,22)(H,21,23). The predicted octanol–water partition coefficient (Wildman–Crippen LogP) is 2.66. The van der Waals surface area contributed by atoms with Gasteiger partial charge in [-0.15, -0.1) is 11.3 Å². The zero-order chi connectivity index (χ0) is 18.4. The van der Waals surface area contributed by atoms with Gasteiger partial charge >= 0.3 is 0 Å². The number of methoxy groups -OCH3 is 1. The first kappa shape index (κ1) is 18.2. The molecule has 0 atom stereocenters. The van der Waals surface area contributed by atoms with Gasteiger partial charge in [0.05, 0.1) is 18.9 Å². The van der Waals surface area contributed by atoms with Gasteiger partial charge in [0.2, 0.25) is 5.91 Å². The number of amides is 2. The second-order valence-corrected chi connectivity index (χ2v) is 6.05. The molecule has 0 saturated heterocycles. The molecule has 128 valence electrons. The van der Waals surface area contributed by atoms with E-state index in [1.165, 1.54) is 13.1 Å². The van der Waals surface area contributed by atoms with Crippen molar-refractivity contribution in [3.63, 3.8) is 0 Å². The van der Waals surface area contributed by atoms with Crippen molar-refractivity contribution >= 4 is 34.4 Å². The van der Waals surface area contributed by atoms with Crippen LogP contribution >= 0.6 is 11.3 Å². The van der Waals surface area contributed by atoms with Gasteiger partial charge in [-0.25, -0.2) is 5.43 Å². The molecule has 25 heavy (non-hydrogen) atoms. The first-order valence-electron chi connectivity index (χ1n) is 7.24. The number of hydrazone groups is 1. The lowest BCUT2D eigenvalue weighted by atomic mass is 10.1. The molecule has 0 spiro atoms. The number of carbonyl (C=O) groups excluding carboxylic acids is 2. The lowest BCUT2D eigenvalue weighted by Crippen LogP contribution is -2.17. The zero-order valence-electron chi connectivity index (χ0n) is 13.9. The Labute approximate surface area is 148 Å². The molecule has 0 radical (unpaired) electrons. The summed E-state index contributed by atoms with van der Waals surface area (Å²) in [4.78, 5) is 23.8. The van der Waals surface area contributed by atoms with Crippen LogP contribution in [0.25, 0.3) is 0 Å². The Balaban J connectivity index is 2.12. The van der Waals surface area contributed by atoms with E-state index in [2.05, 4.69) is 15.8 Å². The molecule has 0 aliphatic carbocycles. The topological polar surface area (TPSA) is 104 Å². The number of rotatable bonds is 5. The van der Waals surface area contributed by atoms with Crippen molar-refractivity contribution in [2.75, 3.05) is 12.4 Å². The SMILES string of the molecule is COc1ccc(C=NNC(=O)c2sc(NC(C)=O)c(C#N)c2C)cc1. The summed E-state index contributed by atoms with van der Waals surface area (Å²) in [7, 11) is 1.58. The Morgan fingerprint density at radius 3 is 2.56 bits per heavy atom. The summed E-state index contributed by atoms with van der Waals surface area (Å²) in [6, 6.07) is 9.17. The largest absolute Gasteiger partial charge is 0.497 e. The number of nitriles is 1. The molecule has 2 rings (SSSR count). The van der Waals surface area contributed by atoms with Crippen molar-refractivity contribution in [1.29, 1.82) is 5.26 Å². The van der Waals surface area contributed by atoms with E-state index < -0.39 is 5.91 Å². The molecule has 0 unspecified atom stereocenters. The number of hydrogen-bond donors (Lipinski definition) is 2. The van der Waals surface area contributed by atoms with Crippen molar-refractivity contribution in [2.24, 2.45) is 5.10 Å². The van der Waals surface area contributed by atoms with Crippen molar-refractivity contribution < 1.29 is 14.3 Å². The highest BCUT2D eigenvalue weighted by molar-refractivity contribution is 7.18. The summed E-state index contributed by atoms with van der Waals surface area (Å²) in [5, 5.41) is 16.0. The third-order valence-electron chi connectivity index (χ3n) is 3.25. The molecule has 8 heteroatoms. The van der Waals surface area contributed by atoms with Crippen molar-refractivity contribution in [2.45, 2.75) is 13.8 Å². The van der Waals surface area contributed by atoms with Crippen LogP contribution in [0.1, 0.15) is 33.3 Å². The summed E-state index contributed by atoms with van der Waals surface area (Å²) in [5.74, 6) is -0.0208. The van der Waals surface area contributed by atoms with Crippen LogP contribution in [0.3, 0.4) is 0 Å². The number of hydrogen-bond acceptors (Lipinski definition) is 6. The fourth-order valence-electron chi connectivity index (χ4n) is 2.02. The highest BCUT2D eigenvalue weighted by atomic mass is 32.1. The van der Waals surface area contributed by atoms with Crippen LogP contribution in [0.5, 0.6) is 5.75 Å². The van der Waals surface area contributed by atoms with Crippen LogP contribution in [0.15, 0.2) is 29.4 Å². The molecule has 0 fully saturated rings. The fraction of sp³-hybridized carbons (Fsp3) is 0.176. The first-order valence-corrected chi connectivity index (χ1v) is 8.06. The molecule has 1 heterocycles. The number of ether oxygens (including phenoxy) is 1. The highest BCUT2D eigenvalue weighted by Gasteiger charge is 2.20. The maximum absolute atomic E-state index is 12.3. The second-order valence-electron chi connectivity index (χ2n) is 5.03. The maximum Gasteiger partial charge on any atom is 0.281 e. The third-order valence-corrected chi connectivity index (χ3v) is 4.46. The van der Waals surface area contributed by atoms with Crippen LogP contribution in [-0.2, 0) is 4.79 Å². The molecular weight excluding hydrogens is 340 g/mol. The average Bonchev–Trinajstić information content (AvgIpc) is 2.90. The minimum atomic E-state index is -0.444. The molecule has 1 aromatic carbocycles. The summed E-state index contributed by atoms with van der Waals surface area (Å²) in [6.45, 7) is 3.00. The minimum Gasteiger partial charge on any atom is -0.497 e. The molecule has 1 aromatic heterocycles. The highest BCUT2D eigenvalue weighted by Crippen LogP contribution is 2.32. The lowest BCUT2D eigenvalue weighted by Gasteiger charge is -2.00. The van der Waals surface area contributed by atoms with Crippen LogP contribution in [0.2, 0.25) is 0 Å². The van der Waals surface area contributed by atoms with E-state index in [1.807, 2.05) is 6.07 Å². The number of thiophene rings is 1. The van der Waals surface area contributed by atoms with E-state index in [-0.39, 0.29) is 11.5 Å². The normalized spacial score (nSPS) is 10.3. The number of benzene rings is 1. The van der Waals surface area contributed by atoms with Gasteiger partial charge in [-0.05, 0) is 42.3 Å². The summed E-state index contributed by atoms with van der Waals surface area (Å²) >= 11 is 1.04. The molecule has 7 nitrogen and oxygen atoms in total. The maximum atomic E-state index is 12.3. The van der Waals surface area contributed by atoms with Crippen LogP contribution in [0, 0.1) is 18.3 Å². The van der Waals surface area contributed by atoms with E-state index in [1.54, 1.807) is 38.3 Å². The van der Waals surface area contributed by atoms with Crippen LogP contribution in [-0.4, -0.2) is 25.1 Å². The van der Waals surface area contributed by atoms with Gasteiger partial charge in [0, 0.05) is 6.92 Å². The van der Waals surface area contributed by atoms with Crippen molar-refractivity contribution in [3.05, 3.63) is 45.8 Å². The predicted molar refractivity (Wildman–Crippen MR) is 96.1 cm³/mol. The Bertz CT molecular complexity index is 863. The van der Waals surface area contributed by atoms with E-state index >= 15 is 0 Å². The minimum absolute atomic E-state index is 0.282. The number of anilines is 1. The second kappa shape index (κ2) is 8.08. The fourth-order valence-corrected chi connectivity index (χ4v) is 3.11. The Morgan fingerprint density at radius 2 is 2.00 bits per heavy atom. The van der Waals surface area contributed by atoms with Gasteiger partial charge in [0.25, 0.3) is 5.91 Å². The van der Waals surface area contributed by atoms with E-state index in [4.69, 9.17) is 4.74 Å². The van der Waals surface area contributed by atoms with Gasteiger partial charge < -0.3 is 10.1 Å². The van der Waals surface area contributed by atoms with Gasteiger partial charge in [0.15, 0.2) is 0 Å². The van der Waals surface area contributed by atoms with Gasteiger partial charge in [-0.1, -0.05) is 0 Å². The van der Waals surface area contributed by atoms with Crippen molar-refractivity contribution in [1.82, 2.24) is 5.43 Å². The smallest absolute Gasteiger partial charge is 0.281 e. The molecule has 0 saturated carbocycles. The zero-order valence-corrected chi connectivity index (χ0v) is 14.7. The monoisotopic (exact) mass is 356 g/mol. The molecule has 0 aliphatic heterocycles. The van der Waals surface area contributed by atoms with Gasteiger partial charge in [-0.2, -0.15) is 10.4 Å². The molecule has 2 aromatic rings. The number of nitrogens with one attached hydrogen (secondary N) is 2. The Morgan fingerprint density at radius 1 is 1.32 bits per heavy atom. The van der Waals surface area contributed by atoms with E-state index in [9.17, 15) is 14.9 Å². The first-order chi connectivity index (χ1) is 12.0. The average molecular weight is 356 g/mol. The summed E-state index contributed by atoms with van der Waals surface area (Å²) in [5.41, 5.74) is 4.00. The molecular formula is C17H16N4O3S. The molecule has 0 bridgehead atoms.